The number of carbonyl (C=O) groups excluding carboxylic acids is 2. The van der Waals surface area contributed by atoms with Crippen molar-refractivity contribution in [3.05, 3.63) is 23.7 Å². The molecule has 0 bridgehead atoms. The maximum atomic E-state index is 12.0. The highest BCUT2D eigenvalue weighted by atomic mass is 16.5. The summed E-state index contributed by atoms with van der Waals surface area (Å²) in [5, 5.41) is 3.08. The van der Waals surface area contributed by atoms with E-state index >= 15 is 0 Å². The van der Waals surface area contributed by atoms with Crippen LogP contribution in [-0.2, 0) is 16.1 Å². The van der Waals surface area contributed by atoms with Crippen LogP contribution >= 0.6 is 0 Å². The quantitative estimate of drug-likeness (QED) is 0.766. The van der Waals surface area contributed by atoms with E-state index in [1.807, 2.05) is 20.8 Å². The van der Waals surface area contributed by atoms with Crippen LogP contribution in [0.5, 0.6) is 0 Å². The van der Waals surface area contributed by atoms with Crippen molar-refractivity contribution < 1.29 is 18.7 Å². The van der Waals surface area contributed by atoms with Gasteiger partial charge in [0.1, 0.15) is 5.76 Å². The second kappa shape index (κ2) is 7.69. The van der Waals surface area contributed by atoms with Crippen LogP contribution < -0.4 is 5.32 Å². The molecule has 0 radical (unpaired) electrons. The highest BCUT2D eigenvalue weighted by Crippen LogP contribution is 2.09. The summed E-state index contributed by atoms with van der Waals surface area (Å²) in [6.07, 6.45) is 0. The average Bonchev–Trinajstić information content (AvgIpc) is 2.93. The van der Waals surface area contributed by atoms with Crippen molar-refractivity contribution in [3.8, 4) is 0 Å². The fourth-order valence-electron chi connectivity index (χ4n) is 1.83. The summed E-state index contributed by atoms with van der Waals surface area (Å²) in [5.74, 6) is 0.287. The van der Waals surface area contributed by atoms with Gasteiger partial charge in [0.15, 0.2) is 0 Å². The van der Waals surface area contributed by atoms with Crippen molar-refractivity contribution in [2.75, 3.05) is 20.2 Å². The number of carbonyl (C=O) groups is 2. The van der Waals surface area contributed by atoms with E-state index in [-0.39, 0.29) is 17.7 Å². The van der Waals surface area contributed by atoms with Crippen LogP contribution in [0.2, 0.25) is 0 Å². The molecule has 1 rings (SSSR count). The van der Waals surface area contributed by atoms with E-state index in [2.05, 4.69) is 10.1 Å². The van der Waals surface area contributed by atoms with Gasteiger partial charge in [-0.1, -0.05) is 0 Å². The number of esters is 1. The van der Waals surface area contributed by atoms with Crippen molar-refractivity contribution in [1.82, 2.24) is 10.2 Å². The van der Waals surface area contributed by atoms with Crippen molar-refractivity contribution in [2.45, 2.75) is 33.4 Å². The maximum absolute atomic E-state index is 12.0. The Morgan fingerprint density at radius 1 is 1.35 bits per heavy atom. The monoisotopic (exact) mass is 282 g/mol. The molecule has 1 N–H and O–H groups in total. The minimum atomic E-state index is -0.511. The molecule has 20 heavy (non-hydrogen) atoms. The Morgan fingerprint density at radius 3 is 2.55 bits per heavy atom. The summed E-state index contributed by atoms with van der Waals surface area (Å²) in [7, 11) is 1.30. The van der Waals surface area contributed by atoms with Gasteiger partial charge >= 0.3 is 5.97 Å². The van der Waals surface area contributed by atoms with E-state index in [9.17, 15) is 9.59 Å². The van der Waals surface area contributed by atoms with E-state index in [1.165, 1.54) is 7.11 Å². The molecular formula is C14H22N2O4. The van der Waals surface area contributed by atoms with Gasteiger partial charge in [-0.15, -0.1) is 0 Å². The maximum Gasteiger partial charge on any atom is 0.373 e. The summed E-state index contributed by atoms with van der Waals surface area (Å²) < 4.78 is 9.88. The number of likely N-dealkylation sites (N-methyl/N-ethyl adjacent to an activating group) is 1. The van der Waals surface area contributed by atoms with E-state index in [0.717, 1.165) is 0 Å². The molecule has 0 spiro atoms. The van der Waals surface area contributed by atoms with E-state index in [1.54, 1.807) is 17.0 Å². The van der Waals surface area contributed by atoms with Crippen LogP contribution in [0.25, 0.3) is 0 Å². The molecule has 0 aliphatic carbocycles. The highest BCUT2D eigenvalue weighted by Gasteiger charge is 2.18. The number of hydrogen-bond acceptors (Lipinski definition) is 5. The standard InChI is InChI=1S/C14H22N2O4/c1-5-16(6-2)13(17)10(3)15-9-11-7-8-12(20-11)14(18)19-4/h7-8,10,15H,5-6,9H2,1-4H3. The second-order valence-electron chi connectivity index (χ2n) is 4.37. The summed E-state index contributed by atoms with van der Waals surface area (Å²) in [6, 6.07) is 2.94. The number of methoxy groups -OCH3 is 1. The lowest BCUT2D eigenvalue weighted by molar-refractivity contribution is -0.132. The molecule has 0 aromatic carbocycles. The van der Waals surface area contributed by atoms with Gasteiger partial charge in [-0.25, -0.2) is 4.79 Å². The molecule has 0 aliphatic rings. The van der Waals surface area contributed by atoms with Gasteiger partial charge < -0.3 is 14.1 Å². The van der Waals surface area contributed by atoms with Gasteiger partial charge in [-0.3, -0.25) is 10.1 Å². The van der Waals surface area contributed by atoms with Crippen LogP contribution in [0.3, 0.4) is 0 Å². The number of ether oxygens (including phenoxy) is 1. The first-order valence-electron chi connectivity index (χ1n) is 6.72. The minimum Gasteiger partial charge on any atom is -0.463 e. The second-order valence-corrected chi connectivity index (χ2v) is 4.37. The number of furan rings is 1. The lowest BCUT2D eigenvalue weighted by Gasteiger charge is -2.23. The van der Waals surface area contributed by atoms with Crippen LogP contribution in [-0.4, -0.2) is 43.0 Å². The third kappa shape index (κ3) is 4.09. The number of hydrogen-bond donors (Lipinski definition) is 1. The highest BCUT2D eigenvalue weighted by molar-refractivity contribution is 5.86. The first-order chi connectivity index (χ1) is 9.53. The molecule has 1 unspecified atom stereocenters. The molecule has 0 saturated carbocycles. The van der Waals surface area contributed by atoms with Crippen LogP contribution in [0.1, 0.15) is 37.1 Å². The lowest BCUT2D eigenvalue weighted by Crippen LogP contribution is -2.44. The molecule has 0 saturated heterocycles. The smallest absolute Gasteiger partial charge is 0.373 e. The largest absolute Gasteiger partial charge is 0.463 e. The van der Waals surface area contributed by atoms with E-state index < -0.39 is 5.97 Å². The molecule has 1 amide bonds. The zero-order valence-corrected chi connectivity index (χ0v) is 12.4. The fraction of sp³-hybridized carbons (Fsp3) is 0.571. The lowest BCUT2D eigenvalue weighted by atomic mass is 10.2. The molecule has 1 aromatic rings. The Hall–Kier alpha value is -1.82. The molecule has 0 fully saturated rings. The van der Waals surface area contributed by atoms with E-state index in [0.29, 0.717) is 25.4 Å². The third-order valence-electron chi connectivity index (χ3n) is 3.08. The van der Waals surface area contributed by atoms with Gasteiger partial charge in [0.05, 0.1) is 19.7 Å². The number of nitrogens with one attached hydrogen (secondary N) is 1. The number of amides is 1. The van der Waals surface area contributed by atoms with Crippen molar-refractivity contribution in [1.29, 1.82) is 0 Å². The zero-order valence-electron chi connectivity index (χ0n) is 12.4. The number of nitrogens with zero attached hydrogens (tertiary/aromatic N) is 1. The summed E-state index contributed by atoms with van der Waals surface area (Å²) in [6.45, 7) is 7.46. The van der Waals surface area contributed by atoms with Gasteiger partial charge in [-0.2, -0.15) is 0 Å². The zero-order chi connectivity index (χ0) is 15.1. The molecule has 1 aromatic heterocycles. The SMILES string of the molecule is CCN(CC)C(=O)C(C)NCc1ccc(C(=O)OC)o1. The normalized spacial score (nSPS) is 12.0. The van der Waals surface area contributed by atoms with Crippen molar-refractivity contribution in [3.63, 3.8) is 0 Å². The molecule has 0 aliphatic heterocycles. The van der Waals surface area contributed by atoms with Gasteiger partial charge in [-0.05, 0) is 32.9 Å². The Labute approximate surface area is 119 Å². The third-order valence-corrected chi connectivity index (χ3v) is 3.08. The minimum absolute atomic E-state index is 0.0507. The summed E-state index contributed by atoms with van der Waals surface area (Å²) in [4.78, 5) is 25.1. The first-order valence-corrected chi connectivity index (χ1v) is 6.72. The van der Waals surface area contributed by atoms with Gasteiger partial charge in [0.2, 0.25) is 11.7 Å². The summed E-state index contributed by atoms with van der Waals surface area (Å²) >= 11 is 0. The van der Waals surface area contributed by atoms with Crippen molar-refractivity contribution in [2.24, 2.45) is 0 Å². The summed E-state index contributed by atoms with van der Waals surface area (Å²) in [5.41, 5.74) is 0. The Kier molecular flexibility index (Phi) is 6.24. The van der Waals surface area contributed by atoms with Crippen LogP contribution in [0.4, 0.5) is 0 Å². The molecule has 6 nitrogen and oxygen atoms in total. The Bertz CT molecular complexity index is 452. The predicted molar refractivity (Wildman–Crippen MR) is 74.3 cm³/mol. The molecule has 1 atom stereocenters. The fourth-order valence-corrected chi connectivity index (χ4v) is 1.83. The number of rotatable bonds is 7. The van der Waals surface area contributed by atoms with Gasteiger partial charge in [0, 0.05) is 13.1 Å². The predicted octanol–water partition coefficient (Wildman–Crippen LogP) is 1.41. The molecular weight excluding hydrogens is 260 g/mol. The van der Waals surface area contributed by atoms with Crippen LogP contribution in [0, 0.1) is 0 Å². The van der Waals surface area contributed by atoms with E-state index in [4.69, 9.17) is 4.42 Å². The Morgan fingerprint density at radius 2 is 2.00 bits per heavy atom. The van der Waals surface area contributed by atoms with Crippen molar-refractivity contribution >= 4 is 11.9 Å². The topological polar surface area (TPSA) is 71.8 Å². The molecule has 6 heteroatoms. The van der Waals surface area contributed by atoms with Gasteiger partial charge in [0.25, 0.3) is 0 Å². The Balaban J connectivity index is 2.52. The first kappa shape index (κ1) is 16.2. The molecule has 112 valence electrons. The average molecular weight is 282 g/mol. The molecule has 1 heterocycles. The van der Waals surface area contributed by atoms with Crippen LogP contribution in [0.15, 0.2) is 16.5 Å².